The highest BCUT2D eigenvalue weighted by molar-refractivity contribution is 6.03. The van der Waals surface area contributed by atoms with Gasteiger partial charge in [0.2, 0.25) is 0 Å². The normalized spacial score (nSPS) is 10.4. The third-order valence-electron chi connectivity index (χ3n) is 2.12. The highest BCUT2D eigenvalue weighted by Crippen LogP contribution is 2.12. The van der Waals surface area contributed by atoms with Gasteiger partial charge in [-0.3, -0.25) is 14.6 Å². The Bertz CT molecular complexity index is 486. The van der Waals surface area contributed by atoms with Gasteiger partial charge in [0.15, 0.2) is 5.82 Å². The van der Waals surface area contributed by atoms with Crippen LogP contribution in [0.15, 0.2) is 18.6 Å². The number of hydrogen-bond acceptors (Lipinski definition) is 4. The molecule has 0 aromatic carbocycles. The highest BCUT2D eigenvalue weighted by atomic mass is 16.1. The molecule has 0 fully saturated rings. The van der Waals surface area contributed by atoms with E-state index >= 15 is 0 Å². The van der Waals surface area contributed by atoms with Crippen molar-refractivity contribution in [2.75, 3.05) is 5.32 Å². The average molecular weight is 220 g/mol. The van der Waals surface area contributed by atoms with Crippen molar-refractivity contribution in [1.29, 1.82) is 0 Å². The standard InChI is InChI=1S/C9H12N6O/c1-15-5-6(2-10)8(14-15)13-9(16)7-3-11-12-4-7/h3-5H,2,10H2,1H3,(H,11,12)(H,13,14,16). The zero-order valence-electron chi connectivity index (χ0n) is 8.77. The van der Waals surface area contributed by atoms with E-state index in [2.05, 4.69) is 20.6 Å². The predicted octanol–water partition coefficient (Wildman–Crippen LogP) is -0.146. The molecule has 0 unspecified atom stereocenters. The summed E-state index contributed by atoms with van der Waals surface area (Å²) in [6, 6.07) is 0. The molecule has 0 atom stereocenters. The lowest BCUT2D eigenvalue weighted by Gasteiger charge is -2.00. The van der Waals surface area contributed by atoms with Gasteiger partial charge >= 0.3 is 0 Å². The van der Waals surface area contributed by atoms with Crippen molar-refractivity contribution in [2.45, 2.75) is 6.54 Å². The number of nitrogens with one attached hydrogen (secondary N) is 2. The summed E-state index contributed by atoms with van der Waals surface area (Å²) in [5, 5.41) is 13.0. The van der Waals surface area contributed by atoms with Crippen LogP contribution in [0.5, 0.6) is 0 Å². The fraction of sp³-hybridized carbons (Fsp3) is 0.222. The van der Waals surface area contributed by atoms with E-state index in [1.165, 1.54) is 12.4 Å². The molecule has 84 valence electrons. The number of aromatic amines is 1. The van der Waals surface area contributed by atoms with Crippen LogP contribution in [0.3, 0.4) is 0 Å². The Morgan fingerprint density at radius 3 is 3.12 bits per heavy atom. The number of rotatable bonds is 3. The molecule has 0 aliphatic carbocycles. The van der Waals surface area contributed by atoms with Gasteiger partial charge in [0.1, 0.15) is 0 Å². The van der Waals surface area contributed by atoms with Crippen LogP contribution in [0, 0.1) is 0 Å². The number of amides is 1. The first-order valence-corrected chi connectivity index (χ1v) is 4.73. The lowest BCUT2D eigenvalue weighted by molar-refractivity contribution is 0.102. The van der Waals surface area contributed by atoms with Crippen molar-refractivity contribution in [3.8, 4) is 0 Å². The predicted molar refractivity (Wildman–Crippen MR) is 57.6 cm³/mol. The molecule has 2 aromatic heterocycles. The van der Waals surface area contributed by atoms with Gasteiger partial charge in [0.05, 0.1) is 11.8 Å². The lowest BCUT2D eigenvalue weighted by atomic mass is 10.3. The number of hydrogen-bond donors (Lipinski definition) is 3. The molecule has 0 saturated heterocycles. The van der Waals surface area contributed by atoms with Gasteiger partial charge < -0.3 is 11.1 Å². The molecule has 2 rings (SSSR count). The number of aryl methyl sites for hydroxylation is 1. The summed E-state index contributed by atoms with van der Waals surface area (Å²) in [7, 11) is 1.77. The monoisotopic (exact) mass is 220 g/mol. The van der Waals surface area contributed by atoms with Crippen LogP contribution >= 0.6 is 0 Å². The number of anilines is 1. The van der Waals surface area contributed by atoms with Crippen molar-refractivity contribution in [1.82, 2.24) is 20.0 Å². The molecule has 0 radical (unpaired) electrons. The van der Waals surface area contributed by atoms with Crippen molar-refractivity contribution in [3.63, 3.8) is 0 Å². The van der Waals surface area contributed by atoms with Gasteiger partial charge in [-0.05, 0) is 0 Å². The summed E-state index contributed by atoms with van der Waals surface area (Å²) in [5.41, 5.74) is 6.78. The first kappa shape index (κ1) is 10.4. The highest BCUT2D eigenvalue weighted by Gasteiger charge is 2.12. The number of nitrogens with zero attached hydrogens (tertiary/aromatic N) is 3. The number of carbonyl (C=O) groups is 1. The largest absolute Gasteiger partial charge is 0.326 e. The maximum atomic E-state index is 11.7. The number of nitrogens with two attached hydrogens (primary N) is 1. The molecule has 0 aliphatic rings. The first-order valence-electron chi connectivity index (χ1n) is 4.73. The second-order valence-electron chi connectivity index (χ2n) is 3.32. The maximum absolute atomic E-state index is 11.7. The molecule has 1 amide bonds. The summed E-state index contributed by atoms with van der Waals surface area (Å²) in [6.45, 7) is 0.328. The molecule has 4 N–H and O–H groups in total. The van der Waals surface area contributed by atoms with Gasteiger partial charge in [-0.2, -0.15) is 10.2 Å². The lowest BCUT2D eigenvalue weighted by Crippen LogP contribution is -2.13. The molecule has 7 nitrogen and oxygen atoms in total. The molecule has 16 heavy (non-hydrogen) atoms. The summed E-state index contributed by atoms with van der Waals surface area (Å²) >= 11 is 0. The van der Waals surface area contributed by atoms with E-state index in [-0.39, 0.29) is 5.91 Å². The summed E-state index contributed by atoms with van der Waals surface area (Å²) in [4.78, 5) is 11.7. The van der Waals surface area contributed by atoms with E-state index in [9.17, 15) is 4.79 Å². The molecule has 0 aliphatic heterocycles. The number of aromatic nitrogens is 4. The maximum Gasteiger partial charge on any atom is 0.260 e. The molecule has 0 bridgehead atoms. The van der Waals surface area contributed by atoms with E-state index in [0.29, 0.717) is 17.9 Å². The molecular formula is C9H12N6O. The Morgan fingerprint density at radius 2 is 2.50 bits per heavy atom. The Morgan fingerprint density at radius 1 is 1.69 bits per heavy atom. The zero-order valence-corrected chi connectivity index (χ0v) is 8.77. The van der Waals surface area contributed by atoms with Crippen LogP contribution in [0.4, 0.5) is 5.82 Å². The first-order chi connectivity index (χ1) is 7.70. The van der Waals surface area contributed by atoms with Crippen molar-refractivity contribution < 1.29 is 4.79 Å². The van der Waals surface area contributed by atoms with Crippen molar-refractivity contribution in [2.24, 2.45) is 12.8 Å². The summed E-state index contributed by atoms with van der Waals surface area (Å²) in [5.74, 6) is 0.221. The third-order valence-corrected chi connectivity index (χ3v) is 2.12. The molecule has 7 heteroatoms. The van der Waals surface area contributed by atoms with Gasteiger partial charge in [-0.25, -0.2) is 0 Å². The van der Waals surface area contributed by atoms with Crippen LogP contribution in [0.2, 0.25) is 0 Å². The van der Waals surface area contributed by atoms with Crippen molar-refractivity contribution in [3.05, 3.63) is 29.7 Å². The molecule has 0 spiro atoms. The fourth-order valence-electron chi connectivity index (χ4n) is 1.35. The molecule has 2 heterocycles. The smallest absolute Gasteiger partial charge is 0.260 e. The quantitative estimate of drug-likeness (QED) is 0.669. The number of carbonyl (C=O) groups excluding carboxylic acids is 1. The summed E-state index contributed by atoms with van der Waals surface area (Å²) in [6.07, 6.45) is 4.73. The van der Waals surface area contributed by atoms with Gasteiger partial charge in [0, 0.05) is 31.5 Å². The second-order valence-corrected chi connectivity index (χ2v) is 3.32. The minimum Gasteiger partial charge on any atom is -0.326 e. The van der Waals surface area contributed by atoms with E-state index in [1.807, 2.05) is 0 Å². The van der Waals surface area contributed by atoms with Crippen LogP contribution in [-0.4, -0.2) is 25.9 Å². The number of H-pyrrole nitrogens is 1. The SMILES string of the molecule is Cn1cc(CN)c(NC(=O)c2cn[nH]c2)n1. The van der Waals surface area contributed by atoms with Gasteiger partial charge in [-0.15, -0.1) is 0 Å². The van der Waals surface area contributed by atoms with E-state index in [1.54, 1.807) is 17.9 Å². The second kappa shape index (κ2) is 4.15. The Hall–Kier alpha value is -2.15. The molecule has 2 aromatic rings. The Kier molecular flexibility index (Phi) is 2.69. The van der Waals surface area contributed by atoms with Crippen LogP contribution in [0.25, 0.3) is 0 Å². The van der Waals surface area contributed by atoms with E-state index < -0.39 is 0 Å². The molecular weight excluding hydrogens is 208 g/mol. The third kappa shape index (κ3) is 1.94. The van der Waals surface area contributed by atoms with Crippen molar-refractivity contribution >= 4 is 11.7 Å². The Labute approximate surface area is 91.6 Å². The minimum atomic E-state index is -0.262. The minimum absolute atomic E-state index is 0.262. The fourth-order valence-corrected chi connectivity index (χ4v) is 1.35. The van der Waals surface area contributed by atoms with Crippen LogP contribution in [0.1, 0.15) is 15.9 Å². The van der Waals surface area contributed by atoms with E-state index in [4.69, 9.17) is 5.73 Å². The van der Waals surface area contributed by atoms with Gasteiger partial charge in [-0.1, -0.05) is 0 Å². The van der Waals surface area contributed by atoms with Crippen LogP contribution in [-0.2, 0) is 13.6 Å². The van der Waals surface area contributed by atoms with E-state index in [0.717, 1.165) is 5.56 Å². The average Bonchev–Trinajstić information content (AvgIpc) is 2.87. The summed E-state index contributed by atoms with van der Waals surface area (Å²) < 4.78 is 1.60. The molecule has 0 saturated carbocycles. The van der Waals surface area contributed by atoms with Crippen LogP contribution < -0.4 is 11.1 Å². The zero-order chi connectivity index (χ0) is 11.5. The topological polar surface area (TPSA) is 102 Å². The van der Waals surface area contributed by atoms with Gasteiger partial charge in [0.25, 0.3) is 5.91 Å². The Balaban J connectivity index is 2.17.